The molecule has 2 fully saturated rings. The van der Waals surface area contributed by atoms with E-state index in [1.165, 1.54) is 18.4 Å². The smallest absolute Gasteiger partial charge is 0.337 e. The Kier molecular flexibility index (Phi) is 4.78. The number of urea groups is 1. The first-order chi connectivity index (χ1) is 15.5. The zero-order chi connectivity index (χ0) is 23.5. The summed E-state index contributed by atoms with van der Waals surface area (Å²) in [6, 6.07) is -0.295. The van der Waals surface area contributed by atoms with Crippen molar-refractivity contribution in [2.45, 2.75) is 25.1 Å². The van der Waals surface area contributed by atoms with E-state index in [0.29, 0.717) is 43.8 Å². The molecule has 1 aliphatic carbocycles. The molecule has 1 saturated carbocycles. The summed E-state index contributed by atoms with van der Waals surface area (Å²) in [5.41, 5.74) is -1.71. The van der Waals surface area contributed by atoms with Crippen LogP contribution in [0.15, 0.2) is 34.8 Å². The average Bonchev–Trinajstić information content (AvgIpc) is 3.28. The van der Waals surface area contributed by atoms with Gasteiger partial charge in [0.25, 0.3) is 11.5 Å². The molecular weight excluding hydrogens is 461 g/mol. The van der Waals surface area contributed by atoms with E-state index in [2.05, 4.69) is 15.7 Å². The van der Waals surface area contributed by atoms with Gasteiger partial charge in [-0.1, -0.05) is 0 Å². The lowest BCUT2D eigenvalue weighted by Gasteiger charge is -2.58. The van der Waals surface area contributed by atoms with E-state index in [1.807, 2.05) is 5.38 Å². The lowest BCUT2D eigenvalue weighted by atomic mass is 9.60. The van der Waals surface area contributed by atoms with Crippen LogP contribution in [0.1, 0.15) is 28.8 Å². The Morgan fingerprint density at radius 3 is 2.70 bits per heavy atom. The van der Waals surface area contributed by atoms with Gasteiger partial charge in [0.2, 0.25) is 0 Å². The van der Waals surface area contributed by atoms with Crippen molar-refractivity contribution in [2.75, 3.05) is 18.4 Å². The summed E-state index contributed by atoms with van der Waals surface area (Å²) in [4.78, 5) is 39.6. The number of hydrogen-bond acceptors (Lipinski definition) is 5. The summed E-state index contributed by atoms with van der Waals surface area (Å²) in [5, 5.41) is 10.9. The highest BCUT2D eigenvalue weighted by Crippen LogP contribution is 2.48. The van der Waals surface area contributed by atoms with Gasteiger partial charge in [-0.3, -0.25) is 9.59 Å². The highest BCUT2D eigenvalue weighted by atomic mass is 32.1. The molecule has 174 valence electrons. The highest BCUT2D eigenvalue weighted by molar-refractivity contribution is 7.15. The minimum absolute atomic E-state index is 0.0678. The third-order valence-corrected chi connectivity index (χ3v) is 7.04. The van der Waals surface area contributed by atoms with Gasteiger partial charge in [0.1, 0.15) is 10.5 Å². The molecule has 0 atom stereocenters. The molecule has 1 saturated heterocycles. The zero-order valence-corrected chi connectivity index (χ0v) is 18.2. The molecule has 3 amide bonds. The lowest BCUT2D eigenvalue weighted by molar-refractivity contribution is -0.138. The SMILES string of the molecule is Cn1cc(C(F)(F)F)cc(NC(=O)NC2CC3(C2)CN(C(=O)c2cnn4ccsc24)C3)c1=O. The highest BCUT2D eigenvalue weighted by Gasteiger charge is 2.54. The molecule has 3 aromatic rings. The Morgan fingerprint density at radius 1 is 1.27 bits per heavy atom. The summed E-state index contributed by atoms with van der Waals surface area (Å²) < 4.78 is 41.4. The molecule has 0 aromatic carbocycles. The number of hydrogen-bond donors (Lipinski definition) is 2. The van der Waals surface area contributed by atoms with Crippen molar-refractivity contribution in [2.24, 2.45) is 12.5 Å². The number of amides is 3. The molecule has 1 aliphatic heterocycles. The Hall–Kier alpha value is -3.35. The minimum Gasteiger partial charge on any atom is -0.337 e. The Morgan fingerprint density at radius 2 is 2.00 bits per heavy atom. The maximum absolute atomic E-state index is 13.0. The number of carbonyl (C=O) groups excluding carboxylic acids is 2. The van der Waals surface area contributed by atoms with Crippen LogP contribution in [-0.2, 0) is 13.2 Å². The van der Waals surface area contributed by atoms with Crippen molar-refractivity contribution >= 4 is 33.8 Å². The molecule has 0 bridgehead atoms. The number of likely N-dealkylation sites (tertiary alicyclic amines) is 1. The number of alkyl halides is 3. The second-order valence-electron chi connectivity index (χ2n) is 8.63. The second-order valence-corrected chi connectivity index (χ2v) is 9.53. The number of pyridine rings is 1. The maximum atomic E-state index is 13.0. The van der Waals surface area contributed by atoms with Crippen LogP contribution in [0, 0.1) is 5.41 Å². The quantitative estimate of drug-likeness (QED) is 0.602. The van der Waals surface area contributed by atoms with Gasteiger partial charge in [-0.2, -0.15) is 18.3 Å². The van der Waals surface area contributed by atoms with Crippen molar-refractivity contribution < 1.29 is 22.8 Å². The van der Waals surface area contributed by atoms with Crippen LogP contribution >= 0.6 is 11.3 Å². The summed E-state index contributed by atoms with van der Waals surface area (Å²) >= 11 is 1.44. The predicted molar refractivity (Wildman–Crippen MR) is 113 cm³/mol. The van der Waals surface area contributed by atoms with Crippen LogP contribution in [-0.4, -0.2) is 50.2 Å². The predicted octanol–water partition coefficient (Wildman–Crippen LogP) is 2.54. The number of nitrogens with one attached hydrogen (secondary N) is 2. The molecule has 33 heavy (non-hydrogen) atoms. The van der Waals surface area contributed by atoms with Crippen LogP contribution in [0.5, 0.6) is 0 Å². The third kappa shape index (κ3) is 3.75. The van der Waals surface area contributed by atoms with E-state index in [0.717, 1.165) is 9.40 Å². The number of aromatic nitrogens is 3. The number of fused-ring (bicyclic) bond motifs is 1. The molecule has 0 unspecified atom stereocenters. The third-order valence-electron chi connectivity index (χ3n) is 6.15. The van der Waals surface area contributed by atoms with Gasteiger partial charge in [-0.05, 0) is 18.9 Å². The van der Waals surface area contributed by atoms with E-state index >= 15 is 0 Å². The molecule has 2 N–H and O–H groups in total. The van der Waals surface area contributed by atoms with Crippen LogP contribution < -0.4 is 16.2 Å². The monoisotopic (exact) mass is 480 g/mol. The van der Waals surface area contributed by atoms with Crippen molar-refractivity contribution in [1.82, 2.24) is 24.4 Å². The molecule has 1 spiro atoms. The van der Waals surface area contributed by atoms with Crippen LogP contribution in [0.2, 0.25) is 0 Å². The number of halogens is 3. The van der Waals surface area contributed by atoms with Gasteiger partial charge in [0.05, 0.1) is 17.3 Å². The van der Waals surface area contributed by atoms with E-state index in [9.17, 15) is 27.6 Å². The van der Waals surface area contributed by atoms with Gasteiger partial charge in [0, 0.05) is 49.4 Å². The summed E-state index contributed by atoms with van der Waals surface area (Å²) in [6.07, 6.45) is 0.682. The van der Waals surface area contributed by atoms with Gasteiger partial charge < -0.3 is 20.1 Å². The number of aryl methyl sites for hydroxylation is 1. The van der Waals surface area contributed by atoms with Gasteiger partial charge in [-0.25, -0.2) is 9.31 Å². The van der Waals surface area contributed by atoms with Gasteiger partial charge in [-0.15, -0.1) is 11.3 Å². The van der Waals surface area contributed by atoms with Crippen molar-refractivity contribution in [3.63, 3.8) is 0 Å². The molecule has 4 heterocycles. The normalized spacial score (nSPS) is 17.6. The molecular formula is C20H19F3N6O3S. The Labute approximate surface area is 188 Å². The lowest BCUT2D eigenvalue weighted by Crippen LogP contribution is -2.67. The maximum Gasteiger partial charge on any atom is 0.417 e. The van der Waals surface area contributed by atoms with Crippen LogP contribution in [0.4, 0.5) is 23.7 Å². The largest absolute Gasteiger partial charge is 0.417 e. The number of rotatable bonds is 3. The fraction of sp³-hybridized carbons (Fsp3) is 0.400. The molecule has 3 aromatic heterocycles. The van der Waals surface area contributed by atoms with Crippen LogP contribution in [0.3, 0.4) is 0 Å². The van der Waals surface area contributed by atoms with Crippen LogP contribution in [0.25, 0.3) is 4.83 Å². The Bertz CT molecular complexity index is 1310. The Balaban J connectivity index is 1.15. The summed E-state index contributed by atoms with van der Waals surface area (Å²) in [5.74, 6) is -0.0763. The molecule has 0 radical (unpaired) electrons. The van der Waals surface area contributed by atoms with E-state index in [4.69, 9.17) is 0 Å². The summed E-state index contributed by atoms with van der Waals surface area (Å²) in [7, 11) is 1.19. The van der Waals surface area contributed by atoms with Gasteiger partial charge in [0.15, 0.2) is 0 Å². The topological polar surface area (TPSA) is 101 Å². The molecule has 2 aliphatic rings. The minimum atomic E-state index is -4.64. The first-order valence-electron chi connectivity index (χ1n) is 10.1. The average molecular weight is 480 g/mol. The number of thiazole rings is 1. The number of carbonyl (C=O) groups is 2. The van der Waals surface area contributed by atoms with E-state index in [-0.39, 0.29) is 17.4 Å². The van der Waals surface area contributed by atoms with E-state index in [1.54, 1.807) is 21.8 Å². The van der Waals surface area contributed by atoms with Crippen molar-refractivity contribution in [1.29, 1.82) is 0 Å². The number of nitrogens with zero attached hydrogens (tertiary/aromatic N) is 4. The van der Waals surface area contributed by atoms with Gasteiger partial charge >= 0.3 is 12.2 Å². The van der Waals surface area contributed by atoms with E-state index < -0.39 is 29.0 Å². The second kappa shape index (κ2) is 7.33. The molecule has 13 heteroatoms. The molecule has 5 rings (SSSR count). The molecule has 9 nitrogen and oxygen atoms in total. The summed E-state index contributed by atoms with van der Waals surface area (Å²) in [6.45, 7) is 1.14. The first kappa shape index (κ1) is 21.5. The fourth-order valence-electron chi connectivity index (χ4n) is 4.60. The van der Waals surface area contributed by atoms with Crippen molar-refractivity contribution in [3.8, 4) is 0 Å². The van der Waals surface area contributed by atoms with Crippen molar-refractivity contribution in [3.05, 3.63) is 51.5 Å². The standard InChI is InChI=1S/C20H19F3N6O3S/c1-27-8-11(20(21,22)23)4-14(16(27)31)26-18(32)25-12-5-19(6-12)9-28(10-19)15(30)13-7-24-29-2-3-33-17(13)29/h2-4,7-8,12H,5-6,9-10H2,1H3,(H2,25,26,32). The zero-order valence-electron chi connectivity index (χ0n) is 17.3. The first-order valence-corrected chi connectivity index (χ1v) is 11.0. The fourth-order valence-corrected chi connectivity index (χ4v) is 5.39. The number of anilines is 1.